The zero-order chi connectivity index (χ0) is 22.1. The zero-order valence-electron chi connectivity index (χ0n) is 17.0. The van der Waals surface area contributed by atoms with E-state index >= 15 is 0 Å². The molecule has 0 aliphatic carbocycles. The maximum Gasteiger partial charge on any atom is 0.359 e. The lowest BCUT2D eigenvalue weighted by atomic mass is 10.1. The molecule has 2 N–H and O–H groups in total. The molecule has 0 radical (unpaired) electrons. The molecule has 11 heteroatoms. The minimum Gasteiger partial charge on any atom is -0.453 e. The first-order chi connectivity index (χ1) is 14.9. The molecule has 0 aliphatic rings. The van der Waals surface area contributed by atoms with Crippen molar-refractivity contribution >= 4 is 27.9 Å². The average molecular weight is 424 g/mol. The predicted octanol–water partition coefficient (Wildman–Crippen LogP) is 0.817. The number of imidazole rings is 1. The monoisotopic (exact) mass is 424 g/mol. The summed E-state index contributed by atoms with van der Waals surface area (Å²) >= 11 is 0. The number of rotatable bonds is 6. The number of nitrogens with one attached hydrogen (secondary N) is 2. The normalized spacial score (nSPS) is 11.3. The molecule has 3 aromatic heterocycles. The molecule has 0 amide bonds. The quantitative estimate of drug-likeness (QED) is 0.436. The molecule has 0 bridgehead atoms. The number of hydrogen-bond acceptors (Lipinski definition) is 7. The third-order valence-electron chi connectivity index (χ3n) is 5.06. The summed E-state index contributed by atoms with van der Waals surface area (Å²) in [5.74, 6) is -0.463. The number of carbonyl (C=O) groups is 1. The maximum atomic E-state index is 12.6. The van der Waals surface area contributed by atoms with Gasteiger partial charge in [0.15, 0.2) is 16.9 Å². The van der Waals surface area contributed by atoms with Crippen LogP contribution in [0.2, 0.25) is 0 Å². The number of carbonyl (C=O) groups excluding carboxylic acids is 1. The van der Waals surface area contributed by atoms with E-state index < -0.39 is 22.8 Å². The Balaban J connectivity index is 1.68. The topological polar surface area (TPSA) is 145 Å². The van der Waals surface area contributed by atoms with Gasteiger partial charge in [-0.05, 0) is 12.5 Å². The lowest BCUT2D eigenvalue weighted by molar-refractivity contribution is 0.0454. The highest BCUT2D eigenvalue weighted by Gasteiger charge is 2.20. The number of esters is 1. The minimum atomic E-state index is -0.753. The third kappa shape index (κ3) is 3.54. The van der Waals surface area contributed by atoms with Crippen LogP contribution >= 0.6 is 0 Å². The van der Waals surface area contributed by atoms with E-state index in [-0.39, 0.29) is 23.5 Å². The van der Waals surface area contributed by atoms with Crippen molar-refractivity contribution < 1.29 is 9.53 Å². The number of hydrogen-bond donors (Lipinski definition) is 2. The van der Waals surface area contributed by atoms with Gasteiger partial charge in [-0.15, -0.1) is 0 Å². The number of aryl methyl sites for hydroxylation is 2. The molecular formula is C20H20N6O5. The van der Waals surface area contributed by atoms with Crippen LogP contribution in [0.25, 0.3) is 21.9 Å². The van der Waals surface area contributed by atoms with Crippen LogP contribution in [-0.4, -0.2) is 35.3 Å². The Morgan fingerprint density at radius 1 is 1.13 bits per heavy atom. The number of aromatic amines is 2. The summed E-state index contributed by atoms with van der Waals surface area (Å²) < 4.78 is 8.25. The lowest BCUT2D eigenvalue weighted by Crippen LogP contribution is -2.31. The van der Waals surface area contributed by atoms with E-state index in [0.29, 0.717) is 23.1 Å². The molecule has 0 spiro atoms. The number of fused-ring (bicyclic) bond motifs is 2. The van der Waals surface area contributed by atoms with E-state index in [0.717, 1.165) is 12.8 Å². The Bertz CT molecular complexity index is 1480. The second-order valence-corrected chi connectivity index (χ2v) is 7.05. The summed E-state index contributed by atoms with van der Waals surface area (Å²) in [4.78, 5) is 55.7. The van der Waals surface area contributed by atoms with E-state index in [1.54, 1.807) is 31.3 Å². The van der Waals surface area contributed by atoms with Crippen molar-refractivity contribution in [2.75, 3.05) is 0 Å². The Morgan fingerprint density at radius 2 is 1.87 bits per heavy atom. The Hall–Kier alpha value is -4.02. The fourth-order valence-electron chi connectivity index (χ4n) is 3.41. The number of H-pyrrole nitrogens is 2. The van der Waals surface area contributed by atoms with Crippen LogP contribution in [0.5, 0.6) is 0 Å². The molecule has 11 nitrogen and oxygen atoms in total. The Morgan fingerprint density at radius 3 is 2.61 bits per heavy atom. The lowest BCUT2D eigenvalue weighted by Gasteiger charge is -2.06. The summed E-state index contributed by atoms with van der Waals surface area (Å²) in [5.41, 5.74) is -1.08. The van der Waals surface area contributed by atoms with Gasteiger partial charge >= 0.3 is 11.7 Å². The highest BCUT2D eigenvalue weighted by atomic mass is 16.5. The summed E-state index contributed by atoms with van der Waals surface area (Å²) in [6.07, 6.45) is 1.61. The number of aromatic nitrogens is 6. The standard InChI is InChI=1S/C20H20N6O5/c1-3-4-9-26-16-15(18(28)22-20(26)30)25(2)13(21-16)10-31-19(29)14-11-7-5-6-8-12(11)17(27)24-23-14/h5-8H,3-4,9-10H2,1-2H3,(H,24,27)(H,22,28,30). The predicted molar refractivity (Wildman–Crippen MR) is 112 cm³/mol. The molecule has 0 atom stereocenters. The summed E-state index contributed by atoms with van der Waals surface area (Å²) in [5, 5.41) is 6.79. The van der Waals surface area contributed by atoms with E-state index in [2.05, 4.69) is 20.2 Å². The van der Waals surface area contributed by atoms with Crippen molar-refractivity contribution in [1.82, 2.24) is 29.3 Å². The molecule has 4 aromatic rings. The van der Waals surface area contributed by atoms with Gasteiger partial charge in [0.05, 0.1) is 5.39 Å². The summed E-state index contributed by atoms with van der Waals surface area (Å²) in [6.45, 7) is 2.15. The van der Waals surface area contributed by atoms with E-state index in [1.165, 1.54) is 9.13 Å². The number of unbranched alkanes of at least 4 members (excludes halogenated alkanes) is 1. The Labute approximate surface area is 174 Å². The first-order valence-corrected chi connectivity index (χ1v) is 9.75. The van der Waals surface area contributed by atoms with Crippen molar-refractivity contribution in [3.05, 3.63) is 67.0 Å². The van der Waals surface area contributed by atoms with Crippen molar-refractivity contribution in [1.29, 1.82) is 0 Å². The van der Waals surface area contributed by atoms with Gasteiger partial charge in [-0.1, -0.05) is 31.5 Å². The molecule has 0 unspecified atom stereocenters. The Kier molecular flexibility index (Phi) is 5.24. The van der Waals surface area contributed by atoms with Crippen molar-refractivity contribution in [3.8, 4) is 0 Å². The maximum absolute atomic E-state index is 12.6. The van der Waals surface area contributed by atoms with Gasteiger partial charge in [-0.25, -0.2) is 19.7 Å². The van der Waals surface area contributed by atoms with E-state index in [1.807, 2.05) is 6.92 Å². The van der Waals surface area contributed by atoms with Gasteiger partial charge in [0.1, 0.15) is 12.4 Å². The van der Waals surface area contributed by atoms with Crippen molar-refractivity contribution in [2.45, 2.75) is 32.9 Å². The fourth-order valence-corrected chi connectivity index (χ4v) is 3.41. The molecule has 3 heterocycles. The average Bonchev–Trinajstić information content (AvgIpc) is 3.09. The van der Waals surface area contributed by atoms with Gasteiger partial charge in [0.25, 0.3) is 11.1 Å². The second-order valence-electron chi connectivity index (χ2n) is 7.05. The van der Waals surface area contributed by atoms with Crippen LogP contribution in [0.15, 0.2) is 38.6 Å². The van der Waals surface area contributed by atoms with Gasteiger partial charge in [-0.2, -0.15) is 5.10 Å². The molecule has 0 aliphatic heterocycles. The first-order valence-electron chi connectivity index (χ1n) is 9.75. The molecular weight excluding hydrogens is 404 g/mol. The van der Waals surface area contributed by atoms with Gasteiger partial charge in [0, 0.05) is 19.0 Å². The van der Waals surface area contributed by atoms with Crippen LogP contribution < -0.4 is 16.8 Å². The van der Waals surface area contributed by atoms with E-state index in [9.17, 15) is 19.2 Å². The van der Waals surface area contributed by atoms with Gasteiger partial charge in [0.2, 0.25) is 0 Å². The highest BCUT2D eigenvalue weighted by Crippen LogP contribution is 2.15. The number of nitrogens with zero attached hydrogens (tertiary/aromatic N) is 4. The van der Waals surface area contributed by atoms with E-state index in [4.69, 9.17) is 4.74 Å². The van der Waals surface area contributed by atoms with Crippen molar-refractivity contribution in [3.63, 3.8) is 0 Å². The number of benzene rings is 1. The fraction of sp³-hybridized carbons (Fsp3) is 0.300. The minimum absolute atomic E-state index is 0.0355. The van der Waals surface area contributed by atoms with Crippen LogP contribution in [-0.2, 0) is 24.9 Å². The SMILES string of the molecule is CCCCn1c(=O)[nH]c(=O)c2c1nc(COC(=O)c1n[nH]c(=O)c3ccccc13)n2C. The molecule has 1 aromatic carbocycles. The molecule has 0 saturated carbocycles. The summed E-state index contributed by atoms with van der Waals surface area (Å²) in [7, 11) is 1.61. The van der Waals surface area contributed by atoms with Gasteiger partial charge < -0.3 is 9.30 Å². The largest absolute Gasteiger partial charge is 0.453 e. The van der Waals surface area contributed by atoms with Crippen molar-refractivity contribution in [2.24, 2.45) is 7.05 Å². The highest BCUT2D eigenvalue weighted by molar-refractivity contribution is 6.01. The smallest absolute Gasteiger partial charge is 0.359 e. The van der Waals surface area contributed by atoms with Crippen LogP contribution in [0.1, 0.15) is 36.1 Å². The zero-order valence-corrected chi connectivity index (χ0v) is 17.0. The molecule has 31 heavy (non-hydrogen) atoms. The van der Waals surface area contributed by atoms with Crippen LogP contribution in [0.3, 0.4) is 0 Å². The van der Waals surface area contributed by atoms with Crippen LogP contribution in [0, 0.1) is 0 Å². The second kappa shape index (κ2) is 8.01. The molecule has 4 rings (SSSR count). The van der Waals surface area contributed by atoms with Crippen LogP contribution in [0.4, 0.5) is 0 Å². The molecule has 160 valence electrons. The number of ether oxygens (including phenoxy) is 1. The summed E-state index contributed by atoms with van der Waals surface area (Å²) in [6, 6.07) is 6.56. The first kappa shape index (κ1) is 20.3. The third-order valence-corrected chi connectivity index (χ3v) is 5.06. The molecule has 0 fully saturated rings. The molecule has 0 saturated heterocycles. The van der Waals surface area contributed by atoms with Gasteiger partial charge in [-0.3, -0.25) is 19.1 Å².